The zero-order valence-corrected chi connectivity index (χ0v) is 28.6. The van der Waals surface area contributed by atoms with Crippen molar-refractivity contribution < 1.29 is 34.4 Å². The smallest absolute Gasteiger partial charge is 0.309 e. The van der Waals surface area contributed by atoms with Gasteiger partial charge in [-0.05, 0) is 132 Å². The Morgan fingerprint density at radius 1 is 0.907 bits per heavy atom. The Morgan fingerprint density at radius 2 is 1.56 bits per heavy atom. The second-order valence-corrected chi connectivity index (χ2v) is 18.3. The Hall–Kier alpha value is -1.18. The van der Waals surface area contributed by atoms with E-state index in [1.54, 1.807) is 13.8 Å². The average Bonchev–Trinajstić information content (AvgIpc) is 3.23. The minimum absolute atomic E-state index is 0.0808. The highest BCUT2D eigenvalue weighted by Gasteiger charge is 2.74. The first-order valence-electron chi connectivity index (χ1n) is 17.0. The van der Waals surface area contributed by atoms with Crippen molar-refractivity contribution in [3.8, 4) is 0 Å². The van der Waals surface area contributed by atoms with Crippen molar-refractivity contribution in [1.29, 1.82) is 0 Å². The van der Waals surface area contributed by atoms with E-state index in [9.17, 15) is 24.9 Å². The fraction of sp³-hybridized carbons (Fsp3) is 0.944. The van der Waals surface area contributed by atoms with Gasteiger partial charge >= 0.3 is 11.9 Å². The molecule has 1 aliphatic heterocycles. The predicted octanol–water partition coefficient (Wildman–Crippen LogP) is 6.76. The molecule has 1 saturated heterocycles. The highest BCUT2D eigenvalue weighted by atomic mass is 16.5. The zero-order chi connectivity index (χ0) is 32.2. The van der Waals surface area contributed by atoms with Crippen LogP contribution in [0, 0.1) is 50.7 Å². The van der Waals surface area contributed by atoms with E-state index < -0.39 is 41.1 Å². The molecule has 43 heavy (non-hydrogen) atoms. The van der Waals surface area contributed by atoms with Crippen molar-refractivity contribution in [2.75, 3.05) is 0 Å². The number of carboxylic acids is 1. The van der Waals surface area contributed by atoms with Crippen molar-refractivity contribution in [2.45, 2.75) is 163 Å². The molecule has 0 aromatic heterocycles. The lowest BCUT2D eigenvalue weighted by molar-refractivity contribution is -0.282. The number of aliphatic carboxylic acids is 1. The Kier molecular flexibility index (Phi) is 7.84. The Morgan fingerprint density at radius 3 is 2.16 bits per heavy atom. The molecule has 3 N–H and O–H groups in total. The number of aliphatic hydroxyl groups is 2. The molecule has 0 amide bonds. The quantitative estimate of drug-likeness (QED) is 0.297. The van der Waals surface area contributed by atoms with Crippen molar-refractivity contribution in [2.24, 2.45) is 50.7 Å². The molecule has 7 heteroatoms. The topological polar surface area (TPSA) is 113 Å². The normalized spacial score (nSPS) is 48.9. The van der Waals surface area contributed by atoms with Gasteiger partial charge in [0.25, 0.3) is 0 Å². The van der Waals surface area contributed by atoms with E-state index in [0.717, 1.165) is 38.5 Å². The molecule has 4 saturated carbocycles. The fourth-order valence-corrected chi connectivity index (χ4v) is 12.2. The van der Waals surface area contributed by atoms with E-state index >= 15 is 0 Å². The molecule has 5 aliphatic rings. The first-order chi connectivity index (χ1) is 19.5. The number of carbonyl (C=O) groups excluding carboxylic acids is 1. The van der Waals surface area contributed by atoms with E-state index in [1.165, 1.54) is 0 Å². The lowest BCUT2D eigenvalue weighted by Gasteiger charge is -2.71. The molecule has 246 valence electrons. The molecule has 0 bridgehead atoms. The van der Waals surface area contributed by atoms with Crippen LogP contribution >= 0.6 is 0 Å². The second kappa shape index (κ2) is 10.2. The van der Waals surface area contributed by atoms with Gasteiger partial charge in [0, 0.05) is 5.92 Å². The summed E-state index contributed by atoms with van der Waals surface area (Å²) >= 11 is 0. The molecule has 5 rings (SSSR count). The van der Waals surface area contributed by atoms with Gasteiger partial charge in [0.15, 0.2) is 0 Å². The third kappa shape index (κ3) is 4.92. The third-order valence-electron chi connectivity index (χ3n) is 14.4. The van der Waals surface area contributed by atoms with Gasteiger partial charge in [0.05, 0.1) is 35.2 Å². The second-order valence-electron chi connectivity index (χ2n) is 18.3. The standard InChI is InChI=1S/C36H60O7/c1-30(2,29(40)41)20-26(39)42-23-19-35(9)24(33(7)16-13-25(38)32(5,6)28(23)33)18-22(37)27-21(12-17-34(27,35)8)36(10)15-11-14-31(3,4)43-36/h21-25,27-28,37-38H,11-20H2,1-10H3,(H,40,41)/t21-,22+,23-,24+,25-,27-,28-,33+,34+,35+,36+/m0/s1. The first-order valence-corrected chi connectivity index (χ1v) is 17.0. The summed E-state index contributed by atoms with van der Waals surface area (Å²) in [6.45, 7) is 21.1. The van der Waals surface area contributed by atoms with Gasteiger partial charge in [-0.1, -0.05) is 34.6 Å². The van der Waals surface area contributed by atoms with Crippen molar-refractivity contribution in [3.63, 3.8) is 0 Å². The van der Waals surface area contributed by atoms with Gasteiger partial charge in [-0.15, -0.1) is 0 Å². The first kappa shape index (κ1) is 33.2. The highest BCUT2D eigenvalue weighted by Crippen LogP contribution is 2.76. The number of carbonyl (C=O) groups is 2. The van der Waals surface area contributed by atoms with Crippen molar-refractivity contribution in [3.05, 3.63) is 0 Å². The van der Waals surface area contributed by atoms with Crippen LogP contribution in [-0.4, -0.2) is 56.8 Å². The van der Waals surface area contributed by atoms with E-state index in [2.05, 4.69) is 55.4 Å². The number of carboxylic acid groups (broad SMARTS) is 1. The molecule has 7 nitrogen and oxygen atoms in total. The molecular formula is C36H60O7. The number of fused-ring (bicyclic) bond motifs is 5. The monoisotopic (exact) mass is 604 g/mol. The van der Waals surface area contributed by atoms with Gasteiger partial charge in [0.2, 0.25) is 0 Å². The van der Waals surface area contributed by atoms with Crippen LogP contribution in [0.15, 0.2) is 0 Å². The van der Waals surface area contributed by atoms with Crippen LogP contribution in [0.2, 0.25) is 0 Å². The maximum atomic E-state index is 13.5. The maximum Gasteiger partial charge on any atom is 0.309 e. The maximum absolute atomic E-state index is 13.5. The Labute approximate surface area is 259 Å². The van der Waals surface area contributed by atoms with E-state index in [-0.39, 0.29) is 57.5 Å². The molecular weight excluding hydrogens is 544 g/mol. The van der Waals surface area contributed by atoms with Crippen LogP contribution in [0.1, 0.15) is 133 Å². The number of esters is 1. The van der Waals surface area contributed by atoms with Crippen LogP contribution in [0.5, 0.6) is 0 Å². The summed E-state index contributed by atoms with van der Waals surface area (Å²) in [5, 5.41) is 33.2. The largest absolute Gasteiger partial charge is 0.481 e. The average molecular weight is 605 g/mol. The van der Waals surface area contributed by atoms with E-state index in [4.69, 9.17) is 9.47 Å². The lowest BCUT2D eigenvalue weighted by atomic mass is 9.34. The van der Waals surface area contributed by atoms with E-state index in [1.807, 2.05) is 0 Å². The predicted molar refractivity (Wildman–Crippen MR) is 165 cm³/mol. The molecule has 0 aromatic rings. The van der Waals surface area contributed by atoms with Crippen molar-refractivity contribution in [1.82, 2.24) is 0 Å². The van der Waals surface area contributed by atoms with Gasteiger partial charge in [-0.3, -0.25) is 9.59 Å². The molecule has 4 aliphatic carbocycles. The number of hydrogen-bond donors (Lipinski definition) is 3. The highest BCUT2D eigenvalue weighted by molar-refractivity contribution is 5.81. The third-order valence-corrected chi connectivity index (χ3v) is 14.4. The number of aliphatic hydroxyl groups excluding tert-OH is 2. The summed E-state index contributed by atoms with van der Waals surface area (Å²) in [6.07, 6.45) is 6.43. The molecule has 0 spiro atoms. The minimum Gasteiger partial charge on any atom is -0.481 e. The van der Waals surface area contributed by atoms with Gasteiger partial charge < -0.3 is 24.8 Å². The summed E-state index contributed by atoms with van der Waals surface area (Å²) in [6, 6.07) is 0. The molecule has 11 atom stereocenters. The van der Waals surface area contributed by atoms with E-state index in [0.29, 0.717) is 19.3 Å². The summed E-state index contributed by atoms with van der Waals surface area (Å²) < 4.78 is 13.3. The van der Waals surface area contributed by atoms with Crippen LogP contribution in [0.25, 0.3) is 0 Å². The van der Waals surface area contributed by atoms with Gasteiger partial charge in [-0.2, -0.15) is 0 Å². The minimum atomic E-state index is -1.23. The van der Waals surface area contributed by atoms with Crippen molar-refractivity contribution >= 4 is 11.9 Å². The zero-order valence-electron chi connectivity index (χ0n) is 28.6. The fourth-order valence-electron chi connectivity index (χ4n) is 12.2. The van der Waals surface area contributed by atoms with Crippen LogP contribution < -0.4 is 0 Å². The molecule has 0 unspecified atom stereocenters. The van der Waals surface area contributed by atoms with Crippen LogP contribution in [-0.2, 0) is 19.1 Å². The number of rotatable bonds is 5. The molecule has 0 aromatic carbocycles. The van der Waals surface area contributed by atoms with Gasteiger partial charge in [-0.25, -0.2) is 0 Å². The van der Waals surface area contributed by atoms with Gasteiger partial charge in [0.1, 0.15) is 6.10 Å². The molecule has 0 radical (unpaired) electrons. The van der Waals surface area contributed by atoms with Crippen LogP contribution in [0.3, 0.4) is 0 Å². The molecule has 1 heterocycles. The number of hydrogen-bond acceptors (Lipinski definition) is 6. The summed E-state index contributed by atoms with van der Waals surface area (Å²) in [5.74, 6) is -1.08. The lowest BCUT2D eigenvalue weighted by Crippen LogP contribution is -2.70. The molecule has 5 fully saturated rings. The SMILES string of the molecule is CC1(C)CCC[C@](C)([C@H]2CC[C@]3(C)[C@@H]2[C@H](O)C[C@@H]2[C@@]4(C)CC[C@H](O)C(C)(C)[C@@H]4[C@@H](OC(=O)CC(C)(C)C(=O)O)C[C@]23C)O1. The summed E-state index contributed by atoms with van der Waals surface area (Å²) in [7, 11) is 0. The van der Waals surface area contributed by atoms with Crippen LogP contribution in [0.4, 0.5) is 0 Å². The Bertz CT molecular complexity index is 1130. The summed E-state index contributed by atoms with van der Waals surface area (Å²) in [5.41, 5.74) is -2.87. The summed E-state index contributed by atoms with van der Waals surface area (Å²) in [4.78, 5) is 25.3. The number of ether oxygens (including phenoxy) is 2. The Balaban J connectivity index is 1.55.